The number of amides is 2. The lowest BCUT2D eigenvalue weighted by molar-refractivity contribution is -0.137. The number of benzene rings is 1. The van der Waals surface area contributed by atoms with Crippen molar-refractivity contribution in [2.75, 3.05) is 37.7 Å². The number of anilines is 1. The van der Waals surface area contributed by atoms with Gasteiger partial charge < -0.3 is 19.9 Å². The van der Waals surface area contributed by atoms with Crippen LogP contribution in [0.2, 0.25) is 0 Å². The molecule has 2 aromatic rings. The fourth-order valence-corrected chi connectivity index (χ4v) is 3.14. The highest BCUT2D eigenvalue weighted by Gasteiger charge is 2.31. The highest BCUT2D eigenvalue weighted by atomic mass is 19.4. The lowest BCUT2D eigenvalue weighted by atomic mass is 10.1. The Morgan fingerprint density at radius 3 is 2.57 bits per heavy atom. The number of nitrogens with one attached hydrogen (secondary N) is 1. The summed E-state index contributed by atoms with van der Waals surface area (Å²) in [6, 6.07) is 8.69. The Hall–Kier alpha value is -2.97. The summed E-state index contributed by atoms with van der Waals surface area (Å²) in [5.74, 6) is 0.553. The van der Waals surface area contributed by atoms with Crippen molar-refractivity contribution in [2.45, 2.75) is 26.1 Å². The van der Waals surface area contributed by atoms with Crippen LogP contribution in [0.15, 0.2) is 42.6 Å². The Bertz CT molecular complexity index is 835. The molecule has 162 valence electrons. The normalized spacial score (nSPS) is 14.5. The molecule has 1 aliphatic rings. The fourth-order valence-electron chi connectivity index (χ4n) is 3.14. The number of ether oxygens (including phenoxy) is 1. The monoisotopic (exact) mass is 422 g/mol. The van der Waals surface area contributed by atoms with Crippen LogP contribution in [0.5, 0.6) is 5.88 Å². The molecule has 0 saturated carbocycles. The second-order valence-corrected chi connectivity index (χ2v) is 7.03. The molecule has 6 nitrogen and oxygen atoms in total. The van der Waals surface area contributed by atoms with Gasteiger partial charge in [-0.2, -0.15) is 13.2 Å². The summed E-state index contributed by atoms with van der Waals surface area (Å²) in [5, 5.41) is 2.85. The Morgan fingerprint density at radius 2 is 1.93 bits per heavy atom. The largest absolute Gasteiger partial charge is 0.478 e. The summed E-state index contributed by atoms with van der Waals surface area (Å²) in [6.45, 7) is 4.78. The summed E-state index contributed by atoms with van der Waals surface area (Å²) >= 11 is 0. The van der Waals surface area contributed by atoms with Crippen LogP contribution in [0.4, 0.5) is 23.7 Å². The van der Waals surface area contributed by atoms with E-state index in [1.54, 1.807) is 23.2 Å². The van der Waals surface area contributed by atoms with E-state index in [9.17, 15) is 18.0 Å². The number of aromatic nitrogens is 1. The van der Waals surface area contributed by atoms with Gasteiger partial charge in [0.2, 0.25) is 5.88 Å². The van der Waals surface area contributed by atoms with Crippen molar-refractivity contribution in [1.29, 1.82) is 0 Å². The second kappa shape index (κ2) is 9.69. The quantitative estimate of drug-likeness (QED) is 0.767. The van der Waals surface area contributed by atoms with E-state index in [1.807, 2.05) is 17.9 Å². The molecule has 0 spiro atoms. The van der Waals surface area contributed by atoms with Crippen molar-refractivity contribution in [1.82, 2.24) is 15.2 Å². The van der Waals surface area contributed by atoms with Gasteiger partial charge in [0, 0.05) is 50.7 Å². The van der Waals surface area contributed by atoms with Gasteiger partial charge in [-0.05, 0) is 30.2 Å². The van der Waals surface area contributed by atoms with Gasteiger partial charge in [-0.3, -0.25) is 0 Å². The van der Waals surface area contributed by atoms with Crippen LogP contribution in [0, 0.1) is 0 Å². The number of alkyl halides is 3. The van der Waals surface area contributed by atoms with Gasteiger partial charge in [0.05, 0.1) is 12.2 Å². The van der Waals surface area contributed by atoms with E-state index >= 15 is 0 Å². The van der Waals surface area contributed by atoms with Crippen LogP contribution < -0.4 is 15.0 Å². The zero-order valence-corrected chi connectivity index (χ0v) is 16.8. The molecule has 1 fully saturated rings. The standard InChI is InChI=1S/C21H25F3N4O2/c1-2-12-30-19-7-6-16(14-25-19)15-26-20(29)28-10-8-27(9-11-28)18-5-3-4-17(13-18)21(22,23)24/h3-7,13-14H,2,8-12,15H2,1H3,(H,26,29). The van der Waals surface area contributed by atoms with E-state index in [2.05, 4.69) is 10.3 Å². The van der Waals surface area contributed by atoms with E-state index in [4.69, 9.17) is 4.74 Å². The minimum atomic E-state index is -4.37. The fraction of sp³-hybridized carbons (Fsp3) is 0.429. The van der Waals surface area contributed by atoms with Gasteiger partial charge in [0.1, 0.15) is 0 Å². The van der Waals surface area contributed by atoms with Crippen molar-refractivity contribution >= 4 is 11.7 Å². The molecule has 0 unspecified atom stereocenters. The van der Waals surface area contributed by atoms with Crippen LogP contribution in [0.3, 0.4) is 0 Å². The smallest absolute Gasteiger partial charge is 0.416 e. The number of hydrogen-bond acceptors (Lipinski definition) is 4. The van der Waals surface area contributed by atoms with E-state index in [0.29, 0.717) is 50.9 Å². The van der Waals surface area contributed by atoms with Crippen LogP contribution in [-0.2, 0) is 12.7 Å². The number of halogens is 3. The van der Waals surface area contributed by atoms with Gasteiger partial charge in [-0.1, -0.05) is 19.1 Å². The first kappa shape index (κ1) is 21.7. The van der Waals surface area contributed by atoms with E-state index < -0.39 is 11.7 Å². The van der Waals surface area contributed by atoms with Crippen LogP contribution in [-0.4, -0.2) is 48.7 Å². The SMILES string of the molecule is CCCOc1ccc(CNC(=O)N2CCN(c3cccc(C(F)(F)F)c3)CC2)cn1. The second-order valence-electron chi connectivity index (χ2n) is 7.03. The van der Waals surface area contributed by atoms with E-state index in [-0.39, 0.29) is 6.03 Å². The van der Waals surface area contributed by atoms with Gasteiger partial charge in [0.25, 0.3) is 0 Å². The van der Waals surface area contributed by atoms with Crippen molar-refractivity contribution in [2.24, 2.45) is 0 Å². The molecule has 1 aromatic heterocycles. The first-order valence-corrected chi connectivity index (χ1v) is 9.89. The van der Waals surface area contributed by atoms with Crippen LogP contribution in [0.25, 0.3) is 0 Å². The Morgan fingerprint density at radius 1 is 1.17 bits per heavy atom. The first-order valence-electron chi connectivity index (χ1n) is 9.89. The molecule has 3 rings (SSSR count). The molecule has 0 atom stereocenters. The van der Waals surface area contributed by atoms with Crippen molar-refractivity contribution < 1.29 is 22.7 Å². The molecule has 30 heavy (non-hydrogen) atoms. The van der Waals surface area contributed by atoms with Crippen molar-refractivity contribution in [3.63, 3.8) is 0 Å². The topological polar surface area (TPSA) is 57.7 Å². The van der Waals surface area contributed by atoms with E-state index in [1.165, 1.54) is 6.07 Å². The maximum absolute atomic E-state index is 12.9. The number of carbonyl (C=O) groups excluding carboxylic acids is 1. The number of carbonyl (C=O) groups is 1. The number of rotatable bonds is 6. The van der Waals surface area contributed by atoms with Gasteiger partial charge in [0.15, 0.2) is 0 Å². The highest BCUT2D eigenvalue weighted by molar-refractivity contribution is 5.74. The maximum atomic E-state index is 12.9. The van der Waals surface area contributed by atoms with Crippen molar-refractivity contribution in [3.8, 4) is 5.88 Å². The molecule has 1 aliphatic heterocycles. The Kier molecular flexibility index (Phi) is 7.02. The maximum Gasteiger partial charge on any atom is 0.416 e. The Labute approximate surface area is 173 Å². The molecule has 9 heteroatoms. The van der Waals surface area contributed by atoms with Crippen molar-refractivity contribution in [3.05, 3.63) is 53.7 Å². The van der Waals surface area contributed by atoms with Gasteiger partial charge >= 0.3 is 12.2 Å². The predicted molar refractivity (Wildman–Crippen MR) is 107 cm³/mol. The molecule has 2 heterocycles. The minimum Gasteiger partial charge on any atom is -0.478 e. The third-order valence-corrected chi connectivity index (χ3v) is 4.80. The summed E-state index contributed by atoms with van der Waals surface area (Å²) in [6.07, 6.45) is -1.80. The van der Waals surface area contributed by atoms with E-state index in [0.717, 1.165) is 24.1 Å². The minimum absolute atomic E-state index is 0.204. The van der Waals surface area contributed by atoms with Gasteiger partial charge in [-0.15, -0.1) is 0 Å². The zero-order chi connectivity index (χ0) is 21.6. The van der Waals surface area contributed by atoms with Crippen LogP contribution >= 0.6 is 0 Å². The third-order valence-electron chi connectivity index (χ3n) is 4.80. The molecule has 1 saturated heterocycles. The first-order chi connectivity index (χ1) is 14.4. The predicted octanol–water partition coefficient (Wildman–Crippen LogP) is 3.92. The summed E-state index contributed by atoms with van der Waals surface area (Å²) in [4.78, 5) is 20.1. The third kappa shape index (κ3) is 5.77. The average molecular weight is 422 g/mol. The molecule has 1 aromatic carbocycles. The number of piperazine rings is 1. The molecule has 0 aliphatic carbocycles. The highest BCUT2D eigenvalue weighted by Crippen LogP contribution is 2.31. The van der Waals surface area contributed by atoms with Crippen LogP contribution in [0.1, 0.15) is 24.5 Å². The molecular formula is C21H25F3N4O2. The average Bonchev–Trinajstić information content (AvgIpc) is 2.76. The molecule has 2 amide bonds. The number of hydrogen-bond donors (Lipinski definition) is 1. The number of nitrogens with zero attached hydrogens (tertiary/aromatic N) is 3. The summed E-state index contributed by atoms with van der Waals surface area (Å²) in [7, 11) is 0. The zero-order valence-electron chi connectivity index (χ0n) is 16.8. The molecule has 1 N–H and O–H groups in total. The molecule has 0 radical (unpaired) electrons. The van der Waals surface area contributed by atoms with Gasteiger partial charge in [-0.25, -0.2) is 9.78 Å². The summed E-state index contributed by atoms with van der Waals surface area (Å²) in [5.41, 5.74) is 0.705. The number of urea groups is 1. The molecule has 0 bridgehead atoms. The summed E-state index contributed by atoms with van der Waals surface area (Å²) < 4.78 is 44.2. The lowest BCUT2D eigenvalue weighted by Crippen LogP contribution is -2.51. The lowest BCUT2D eigenvalue weighted by Gasteiger charge is -2.36. The Balaban J connectivity index is 1.47. The number of pyridine rings is 1. The molecular weight excluding hydrogens is 397 g/mol.